The highest BCUT2D eigenvalue weighted by Crippen LogP contribution is 2.26. The largest absolute Gasteiger partial charge is 0.353 e. The maximum atomic E-state index is 12.5. The van der Waals surface area contributed by atoms with Gasteiger partial charge < -0.3 is 10.6 Å². The zero-order chi connectivity index (χ0) is 18.8. The lowest BCUT2D eigenvalue weighted by Crippen LogP contribution is -2.47. The van der Waals surface area contributed by atoms with E-state index in [0.29, 0.717) is 22.5 Å². The van der Waals surface area contributed by atoms with Gasteiger partial charge in [-0.2, -0.15) is 5.10 Å². The van der Waals surface area contributed by atoms with Crippen LogP contribution in [0.5, 0.6) is 0 Å². The maximum Gasteiger partial charge on any atom is 0.224 e. The predicted octanol–water partition coefficient (Wildman–Crippen LogP) is 3.60. The highest BCUT2D eigenvalue weighted by Gasteiger charge is 2.22. The number of nitrogens with zero attached hydrogens (tertiary/aromatic N) is 2. The molecule has 0 aliphatic carbocycles. The minimum absolute atomic E-state index is 0.0454. The molecule has 1 amide bonds. The van der Waals surface area contributed by atoms with Crippen LogP contribution in [0.3, 0.4) is 0 Å². The number of hydrogen-bond acceptors (Lipinski definition) is 3. The number of hydrogen-bond donors (Lipinski definition) is 2. The summed E-state index contributed by atoms with van der Waals surface area (Å²) in [5, 5.41) is 12.1. The van der Waals surface area contributed by atoms with Crippen molar-refractivity contribution < 1.29 is 4.79 Å². The first-order valence-corrected chi connectivity index (χ1v) is 9.64. The van der Waals surface area contributed by atoms with Gasteiger partial charge in [-0.3, -0.25) is 4.79 Å². The predicted molar refractivity (Wildman–Crippen MR) is 105 cm³/mol. The van der Waals surface area contributed by atoms with Crippen LogP contribution in [0.15, 0.2) is 18.2 Å². The van der Waals surface area contributed by atoms with Gasteiger partial charge in [0.2, 0.25) is 5.91 Å². The summed E-state index contributed by atoms with van der Waals surface area (Å²) in [4.78, 5) is 12.5. The van der Waals surface area contributed by atoms with Gasteiger partial charge in [0.05, 0.1) is 27.8 Å². The molecule has 2 heterocycles. The molecule has 1 fully saturated rings. The van der Waals surface area contributed by atoms with E-state index in [1.165, 1.54) is 0 Å². The van der Waals surface area contributed by atoms with Crippen molar-refractivity contribution in [2.45, 2.75) is 52.1 Å². The van der Waals surface area contributed by atoms with Gasteiger partial charge in [-0.25, -0.2) is 4.68 Å². The average molecular weight is 395 g/mol. The molecule has 1 aromatic carbocycles. The smallest absolute Gasteiger partial charge is 0.224 e. The summed E-state index contributed by atoms with van der Waals surface area (Å²) in [7, 11) is 0. The van der Waals surface area contributed by atoms with Gasteiger partial charge in [0, 0.05) is 23.3 Å². The summed E-state index contributed by atoms with van der Waals surface area (Å²) >= 11 is 12.1. The first-order valence-electron chi connectivity index (χ1n) is 8.88. The van der Waals surface area contributed by atoms with Gasteiger partial charge in [-0.1, -0.05) is 23.2 Å². The topological polar surface area (TPSA) is 59.0 Å². The molecule has 0 saturated carbocycles. The Morgan fingerprint density at radius 3 is 2.81 bits per heavy atom. The van der Waals surface area contributed by atoms with E-state index in [-0.39, 0.29) is 11.9 Å². The van der Waals surface area contributed by atoms with Gasteiger partial charge in [0.15, 0.2) is 0 Å². The molecule has 3 rings (SSSR count). The SMILES string of the molecule is Cc1nn(-c2ccc(Cl)c(Cl)c2)c(C)c1CC(=O)NC1CCNC(C)C1. The molecule has 140 valence electrons. The van der Waals surface area contributed by atoms with Gasteiger partial charge in [0.25, 0.3) is 0 Å². The van der Waals surface area contributed by atoms with Crippen molar-refractivity contribution in [3.63, 3.8) is 0 Å². The molecule has 2 atom stereocenters. The molecular weight excluding hydrogens is 371 g/mol. The van der Waals surface area contributed by atoms with Crippen molar-refractivity contribution in [2.75, 3.05) is 6.54 Å². The molecule has 2 N–H and O–H groups in total. The Kier molecular flexibility index (Phi) is 5.90. The molecule has 0 bridgehead atoms. The van der Waals surface area contributed by atoms with Crippen molar-refractivity contribution >= 4 is 29.1 Å². The second-order valence-electron chi connectivity index (χ2n) is 6.98. The van der Waals surface area contributed by atoms with Crippen LogP contribution in [0, 0.1) is 13.8 Å². The first-order chi connectivity index (χ1) is 12.3. The molecule has 2 aromatic rings. The third-order valence-electron chi connectivity index (χ3n) is 4.92. The molecule has 1 aromatic heterocycles. The monoisotopic (exact) mass is 394 g/mol. The van der Waals surface area contributed by atoms with Crippen molar-refractivity contribution in [1.29, 1.82) is 0 Å². The molecule has 1 aliphatic heterocycles. The first kappa shape index (κ1) is 19.2. The fraction of sp³-hybridized carbons (Fsp3) is 0.474. The van der Waals surface area contributed by atoms with E-state index >= 15 is 0 Å². The number of aromatic nitrogens is 2. The van der Waals surface area contributed by atoms with E-state index in [4.69, 9.17) is 23.2 Å². The van der Waals surface area contributed by atoms with E-state index in [1.54, 1.807) is 12.1 Å². The molecule has 1 aliphatic rings. The molecule has 0 spiro atoms. The van der Waals surface area contributed by atoms with Crippen molar-refractivity contribution in [1.82, 2.24) is 20.4 Å². The van der Waals surface area contributed by atoms with Gasteiger partial charge in [-0.15, -0.1) is 0 Å². The number of amides is 1. The zero-order valence-electron chi connectivity index (χ0n) is 15.3. The summed E-state index contributed by atoms with van der Waals surface area (Å²) in [6, 6.07) is 6.08. The fourth-order valence-corrected chi connectivity index (χ4v) is 3.79. The Morgan fingerprint density at radius 2 is 2.12 bits per heavy atom. The third kappa shape index (κ3) is 4.22. The van der Waals surface area contributed by atoms with Crippen molar-refractivity contribution in [2.24, 2.45) is 0 Å². The number of aryl methyl sites for hydroxylation is 1. The van der Waals surface area contributed by atoms with Crippen molar-refractivity contribution in [3.05, 3.63) is 45.2 Å². The van der Waals surface area contributed by atoms with E-state index < -0.39 is 0 Å². The van der Waals surface area contributed by atoms with E-state index in [2.05, 4.69) is 22.7 Å². The fourth-order valence-electron chi connectivity index (χ4n) is 3.50. The Bertz CT molecular complexity index is 818. The minimum Gasteiger partial charge on any atom is -0.353 e. The highest BCUT2D eigenvalue weighted by molar-refractivity contribution is 6.42. The molecule has 5 nitrogen and oxygen atoms in total. The number of halogens is 2. The summed E-state index contributed by atoms with van der Waals surface area (Å²) in [5.41, 5.74) is 3.58. The Labute approximate surface area is 164 Å². The van der Waals surface area contributed by atoms with E-state index in [1.807, 2.05) is 24.6 Å². The lowest BCUT2D eigenvalue weighted by Gasteiger charge is -2.28. The van der Waals surface area contributed by atoms with Crippen LogP contribution in [0.1, 0.15) is 36.7 Å². The minimum atomic E-state index is 0.0454. The average Bonchev–Trinajstić information content (AvgIpc) is 2.85. The molecule has 1 saturated heterocycles. The van der Waals surface area contributed by atoms with Crippen LogP contribution in [0.2, 0.25) is 10.0 Å². The number of carbonyl (C=O) groups excluding carboxylic acids is 1. The maximum absolute atomic E-state index is 12.5. The van der Waals surface area contributed by atoms with E-state index in [9.17, 15) is 4.79 Å². The van der Waals surface area contributed by atoms with Crippen LogP contribution in [-0.4, -0.2) is 34.3 Å². The Morgan fingerprint density at radius 1 is 1.35 bits per heavy atom. The lowest BCUT2D eigenvalue weighted by atomic mass is 10.00. The summed E-state index contributed by atoms with van der Waals surface area (Å²) in [6.45, 7) is 6.99. The molecular formula is C19H24Cl2N4O. The van der Waals surface area contributed by atoms with Crippen molar-refractivity contribution in [3.8, 4) is 5.69 Å². The van der Waals surface area contributed by atoms with Crippen LogP contribution >= 0.6 is 23.2 Å². The number of benzene rings is 1. The number of rotatable bonds is 4. The van der Waals surface area contributed by atoms with Gasteiger partial charge in [-0.05, 0) is 58.4 Å². The molecule has 0 radical (unpaired) electrons. The molecule has 2 unspecified atom stereocenters. The number of piperidine rings is 1. The van der Waals surface area contributed by atoms with Gasteiger partial charge in [0.1, 0.15) is 0 Å². The Balaban J connectivity index is 1.75. The Hall–Kier alpha value is -1.56. The van der Waals surface area contributed by atoms with Gasteiger partial charge >= 0.3 is 0 Å². The lowest BCUT2D eigenvalue weighted by molar-refractivity contribution is -0.121. The summed E-state index contributed by atoms with van der Waals surface area (Å²) in [5.74, 6) is 0.0454. The van der Waals surface area contributed by atoms with E-state index in [0.717, 1.165) is 42.0 Å². The zero-order valence-corrected chi connectivity index (χ0v) is 16.8. The van der Waals surface area contributed by atoms with Crippen LogP contribution in [0.4, 0.5) is 0 Å². The second kappa shape index (κ2) is 7.99. The quantitative estimate of drug-likeness (QED) is 0.832. The van der Waals surface area contributed by atoms with Crippen LogP contribution in [0.25, 0.3) is 5.69 Å². The second-order valence-corrected chi connectivity index (χ2v) is 7.79. The number of nitrogens with one attached hydrogen (secondary N) is 2. The highest BCUT2D eigenvalue weighted by atomic mass is 35.5. The standard InChI is InChI=1S/C19H24Cl2N4O/c1-11-8-14(6-7-22-11)23-19(26)10-16-12(2)24-25(13(16)3)15-4-5-17(20)18(21)9-15/h4-5,9,11,14,22H,6-8,10H2,1-3H3,(H,23,26). The summed E-state index contributed by atoms with van der Waals surface area (Å²) in [6.07, 6.45) is 2.26. The third-order valence-corrected chi connectivity index (χ3v) is 5.65. The normalized spacial score (nSPS) is 20.2. The molecule has 26 heavy (non-hydrogen) atoms. The summed E-state index contributed by atoms with van der Waals surface area (Å²) < 4.78 is 1.81. The van der Waals surface area contributed by atoms with Crippen LogP contribution in [-0.2, 0) is 11.2 Å². The number of carbonyl (C=O) groups is 1. The molecule has 7 heteroatoms. The van der Waals surface area contributed by atoms with Crippen LogP contribution < -0.4 is 10.6 Å².